The van der Waals surface area contributed by atoms with Gasteiger partial charge in [-0.3, -0.25) is 0 Å². The quantitative estimate of drug-likeness (QED) is 0.158. The minimum atomic E-state index is 0.834. The van der Waals surface area contributed by atoms with Gasteiger partial charge in [0.05, 0.1) is 11.1 Å². The van der Waals surface area contributed by atoms with Gasteiger partial charge in [0, 0.05) is 44.7 Å². The number of hydrogen-bond acceptors (Lipinski definition) is 3. The Morgan fingerprint density at radius 1 is 0.305 bits per heavy atom. The van der Waals surface area contributed by atoms with Crippen LogP contribution in [0, 0.1) is 0 Å². The van der Waals surface area contributed by atoms with Crippen LogP contribution in [-0.2, 0) is 0 Å². The molecule has 0 unspecified atom stereocenters. The average Bonchev–Trinajstić information content (AvgIpc) is 3.89. The Kier molecular flexibility index (Phi) is 7.54. The third kappa shape index (κ3) is 5.44. The summed E-state index contributed by atoms with van der Waals surface area (Å²) in [6, 6.07) is 75.6. The lowest BCUT2D eigenvalue weighted by atomic mass is 9.97. The molecule has 12 rings (SSSR count). The highest BCUT2D eigenvalue weighted by molar-refractivity contribution is 6.18. The number of nitrogens with zero attached hydrogens (tertiary/aromatic N) is 1. The first-order valence-electron chi connectivity index (χ1n) is 20.1. The van der Waals surface area contributed by atoms with Gasteiger partial charge < -0.3 is 13.7 Å². The molecule has 0 atom stereocenters. The van der Waals surface area contributed by atoms with Crippen LogP contribution in [0.2, 0.25) is 0 Å². The topological polar surface area (TPSA) is 29.5 Å². The van der Waals surface area contributed by atoms with Gasteiger partial charge in [-0.2, -0.15) is 0 Å². The van der Waals surface area contributed by atoms with Gasteiger partial charge in [-0.05, 0) is 86.3 Å². The number of furan rings is 2. The lowest BCUT2D eigenvalue weighted by Gasteiger charge is -2.27. The van der Waals surface area contributed by atoms with Gasteiger partial charge in [-0.15, -0.1) is 0 Å². The fourth-order valence-corrected chi connectivity index (χ4v) is 9.04. The Labute approximate surface area is 340 Å². The molecule has 10 aromatic carbocycles. The lowest BCUT2D eigenvalue weighted by Crippen LogP contribution is -2.10. The summed E-state index contributed by atoms with van der Waals surface area (Å²) in [6.45, 7) is 0. The summed E-state index contributed by atoms with van der Waals surface area (Å²) in [7, 11) is 0. The van der Waals surface area contributed by atoms with Crippen LogP contribution in [0.25, 0.3) is 98.8 Å². The standard InChI is InChI=1S/C56H35NO2/c1-3-12-36(13-4-1)37-22-24-40(25-23-37)47-32-33-51(54-50-18-9-10-21-52(50)58-56(47)54)57(42-28-30-45-41(34-42)27-26-39-16-7-8-17-44(39)45)43-29-31-48-49-20-11-19-46(38-14-5-2-6-15-38)55(49)59-53(48)35-43/h1-35H. The maximum Gasteiger partial charge on any atom is 0.145 e. The second-order valence-corrected chi connectivity index (χ2v) is 15.2. The summed E-state index contributed by atoms with van der Waals surface area (Å²) in [5, 5.41) is 9.17. The van der Waals surface area contributed by atoms with Gasteiger partial charge in [0.2, 0.25) is 0 Å². The van der Waals surface area contributed by atoms with Gasteiger partial charge in [0.25, 0.3) is 0 Å². The molecular weight excluding hydrogens is 719 g/mol. The summed E-state index contributed by atoms with van der Waals surface area (Å²) in [4.78, 5) is 2.37. The second-order valence-electron chi connectivity index (χ2n) is 15.2. The maximum absolute atomic E-state index is 6.85. The van der Waals surface area contributed by atoms with E-state index in [0.29, 0.717) is 0 Å². The molecular formula is C56H35NO2. The molecule has 0 fully saturated rings. The highest BCUT2D eigenvalue weighted by Gasteiger charge is 2.24. The fraction of sp³-hybridized carbons (Fsp3) is 0. The normalized spacial score (nSPS) is 11.7. The molecule has 0 aliphatic heterocycles. The number of para-hydroxylation sites is 2. The second kappa shape index (κ2) is 13.4. The predicted molar refractivity (Wildman–Crippen MR) is 247 cm³/mol. The molecule has 0 radical (unpaired) electrons. The Morgan fingerprint density at radius 2 is 0.881 bits per heavy atom. The first-order chi connectivity index (χ1) is 29.2. The molecule has 0 amide bonds. The fourth-order valence-electron chi connectivity index (χ4n) is 9.04. The minimum absolute atomic E-state index is 0.834. The van der Waals surface area contributed by atoms with Crippen molar-refractivity contribution in [2.24, 2.45) is 0 Å². The summed E-state index contributed by atoms with van der Waals surface area (Å²) in [5.74, 6) is 0. The van der Waals surface area contributed by atoms with Crippen molar-refractivity contribution in [1.29, 1.82) is 0 Å². The van der Waals surface area contributed by atoms with Crippen LogP contribution in [0.3, 0.4) is 0 Å². The predicted octanol–water partition coefficient (Wildman–Crippen LogP) is 16.3. The number of fused-ring (bicyclic) bond motifs is 9. The molecule has 0 saturated carbocycles. The van der Waals surface area contributed by atoms with Crippen LogP contribution < -0.4 is 4.90 Å². The molecule has 0 spiro atoms. The van der Waals surface area contributed by atoms with Crippen molar-refractivity contribution in [2.75, 3.05) is 4.90 Å². The van der Waals surface area contributed by atoms with Crippen molar-refractivity contribution in [2.45, 2.75) is 0 Å². The van der Waals surface area contributed by atoms with E-state index in [1.165, 1.54) is 32.7 Å². The molecule has 2 heterocycles. The Morgan fingerprint density at radius 3 is 1.71 bits per heavy atom. The zero-order chi connectivity index (χ0) is 38.9. The van der Waals surface area contributed by atoms with Crippen LogP contribution >= 0.6 is 0 Å². The molecule has 0 aliphatic carbocycles. The van der Waals surface area contributed by atoms with Gasteiger partial charge in [0.15, 0.2) is 0 Å². The Balaban J connectivity index is 1.09. The van der Waals surface area contributed by atoms with Crippen LogP contribution in [0.4, 0.5) is 17.1 Å². The summed E-state index contributed by atoms with van der Waals surface area (Å²) >= 11 is 0. The molecule has 12 aromatic rings. The Hall–Kier alpha value is -7.88. The highest BCUT2D eigenvalue weighted by atomic mass is 16.3. The monoisotopic (exact) mass is 753 g/mol. The van der Waals surface area contributed by atoms with Gasteiger partial charge in [0.1, 0.15) is 22.3 Å². The van der Waals surface area contributed by atoms with Crippen molar-refractivity contribution in [3.05, 3.63) is 212 Å². The lowest BCUT2D eigenvalue weighted by molar-refractivity contribution is 0.670. The molecule has 2 aromatic heterocycles. The van der Waals surface area contributed by atoms with Gasteiger partial charge in [-0.1, -0.05) is 164 Å². The van der Waals surface area contributed by atoms with E-state index in [4.69, 9.17) is 8.83 Å². The third-order valence-electron chi connectivity index (χ3n) is 11.9. The molecule has 3 nitrogen and oxygen atoms in total. The van der Waals surface area contributed by atoms with E-state index in [1.807, 2.05) is 12.1 Å². The van der Waals surface area contributed by atoms with Crippen molar-refractivity contribution in [3.8, 4) is 33.4 Å². The van der Waals surface area contributed by atoms with Crippen molar-refractivity contribution < 1.29 is 8.83 Å². The van der Waals surface area contributed by atoms with E-state index >= 15 is 0 Å². The van der Waals surface area contributed by atoms with Crippen LogP contribution in [0.15, 0.2) is 221 Å². The van der Waals surface area contributed by atoms with E-state index in [2.05, 4.69) is 205 Å². The van der Waals surface area contributed by atoms with Crippen molar-refractivity contribution in [1.82, 2.24) is 0 Å². The SMILES string of the molecule is c1ccc(-c2ccc(-c3ccc(N(c4ccc5c(ccc6ccccc65)c4)c4ccc5c(c4)oc4c(-c6ccccc6)cccc45)c4c3oc3ccccc34)cc2)cc1. The zero-order valence-corrected chi connectivity index (χ0v) is 32.0. The number of benzene rings is 10. The van der Waals surface area contributed by atoms with Crippen LogP contribution in [0.5, 0.6) is 0 Å². The number of hydrogen-bond donors (Lipinski definition) is 0. The van der Waals surface area contributed by atoms with Crippen molar-refractivity contribution in [3.63, 3.8) is 0 Å². The van der Waals surface area contributed by atoms with Crippen LogP contribution in [0.1, 0.15) is 0 Å². The first kappa shape index (κ1) is 33.3. The van der Waals surface area contributed by atoms with E-state index in [0.717, 1.165) is 83.2 Å². The molecule has 3 heteroatoms. The van der Waals surface area contributed by atoms with E-state index < -0.39 is 0 Å². The molecule has 276 valence electrons. The van der Waals surface area contributed by atoms with E-state index in [1.54, 1.807) is 0 Å². The maximum atomic E-state index is 6.85. The molecule has 0 N–H and O–H groups in total. The van der Waals surface area contributed by atoms with Crippen LogP contribution in [-0.4, -0.2) is 0 Å². The molecule has 59 heavy (non-hydrogen) atoms. The first-order valence-corrected chi connectivity index (χ1v) is 20.1. The number of anilines is 3. The third-order valence-corrected chi connectivity index (χ3v) is 11.9. The zero-order valence-electron chi connectivity index (χ0n) is 32.0. The highest BCUT2D eigenvalue weighted by Crippen LogP contribution is 2.48. The minimum Gasteiger partial charge on any atom is -0.455 e. The smallest absolute Gasteiger partial charge is 0.145 e. The van der Waals surface area contributed by atoms with Gasteiger partial charge >= 0.3 is 0 Å². The molecule has 0 aliphatic rings. The molecule has 0 bridgehead atoms. The van der Waals surface area contributed by atoms with Crippen molar-refractivity contribution >= 4 is 82.5 Å². The average molecular weight is 754 g/mol. The van der Waals surface area contributed by atoms with Gasteiger partial charge in [-0.25, -0.2) is 0 Å². The molecule has 0 saturated heterocycles. The number of rotatable bonds is 6. The Bertz CT molecular complexity index is 3540. The summed E-state index contributed by atoms with van der Waals surface area (Å²) in [6.07, 6.45) is 0. The largest absolute Gasteiger partial charge is 0.455 e. The van der Waals surface area contributed by atoms with E-state index in [9.17, 15) is 0 Å². The van der Waals surface area contributed by atoms with E-state index in [-0.39, 0.29) is 0 Å². The summed E-state index contributed by atoms with van der Waals surface area (Å²) in [5.41, 5.74) is 13.2. The summed E-state index contributed by atoms with van der Waals surface area (Å²) < 4.78 is 13.7.